The first kappa shape index (κ1) is 13.1. The van der Waals surface area contributed by atoms with Gasteiger partial charge in [-0.1, -0.05) is 31.5 Å². The van der Waals surface area contributed by atoms with Crippen LogP contribution in [0.5, 0.6) is 0 Å². The van der Waals surface area contributed by atoms with Crippen molar-refractivity contribution in [3.05, 3.63) is 46.2 Å². The molecule has 2 N–H and O–H groups in total. The highest BCUT2D eigenvalue weighted by atomic mass is 35.5. The minimum Gasteiger partial charge on any atom is -0.326 e. The first-order valence-corrected chi connectivity index (χ1v) is 6.45. The van der Waals surface area contributed by atoms with E-state index in [0.717, 1.165) is 27.5 Å². The van der Waals surface area contributed by atoms with Crippen LogP contribution in [0.25, 0.3) is 5.69 Å². The second-order valence-corrected chi connectivity index (χ2v) is 5.19. The molecule has 0 saturated heterocycles. The third-order valence-electron chi connectivity index (χ3n) is 3.05. The Morgan fingerprint density at radius 2 is 2.11 bits per heavy atom. The maximum atomic E-state index is 6.07. The molecule has 0 fully saturated rings. The van der Waals surface area contributed by atoms with Crippen molar-refractivity contribution >= 4 is 11.6 Å². The van der Waals surface area contributed by atoms with Crippen molar-refractivity contribution in [1.29, 1.82) is 0 Å². The second kappa shape index (κ2) is 5.12. The third-order valence-corrected chi connectivity index (χ3v) is 3.29. The molecule has 0 radical (unpaired) electrons. The van der Waals surface area contributed by atoms with Crippen molar-refractivity contribution in [1.82, 2.24) is 9.78 Å². The molecule has 0 unspecified atom stereocenters. The summed E-state index contributed by atoms with van der Waals surface area (Å²) in [5, 5.41) is 5.18. The lowest BCUT2D eigenvalue weighted by Crippen LogP contribution is -2.08. The minimum atomic E-state index is 0.365. The van der Waals surface area contributed by atoms with Crippen LogP contribution in [-0.4, -0.2) is 9.78 Å². The van der Waals surface area contributed by atoms with Gasteiger partial charge in [0.05, 0.1) is 17.6 Å². The highest BCUT2D eigenvalue weighted by Crippen LogP contribution is 2.26. The molecule has 1 aromatic carbocycles. The summed E-state index contributed by atoms with van der Waals surface area (Å²) in [5.74, 6) is 0.365. The van der Waals surface area contributed by atoms with E-state index in [4.69, 9.17) is 17.3 Å². The molecule has 1 aromatic heterocycles. The van der Waals surface area contributed by atoms with Gasteiger partial charge in [0, 0.05) is 17.1 Å². The van der Waals surface area contributed by atoms with Gasteiger partial charge >= 0.3 is 0 Å². The summed E-state index contributed by atoms with van der Waals surface area (Å²) in [7, 11) is 0. The maximum absolute atomic E-state index is 6.07. The molecule has 0 aliphatic heterocycles. The zero-order chi connectivity index (χ0) is 13.3. The lowest BCUT2D eigenvalue weighted by molar-refractivity contribution is 0.723. The molecule has 18 heavy (non-hydrogen) atoms. The Balaban J connectivity index is 2.63. The van der Waals surface area contributed by atoms with Crippen LogP contribution in [0, 0.1) is 6.92 Å². The number of nitrogens with zero attached hydrogens (tertiary/aromatic N) is 2. The van der Waals surface area contributed by atoms with Crippen LogP contribution >= 0.6 is 11.6 Å². The average Bonchev–Trinajstić information content (AvgIpc) is 2.75. The van der Waals surface area contributed by atoms with Crippen LogP contribution in [-0.2, 0) is 6.54 Å². The van der Waals surface area contributed by atoms with Crippen LogP contribution in [0.15, 0.2) is 24.4 Å². The number of hydrogen-bond acceptors (Lipinski definition) is 2. The van der Waals surface area contributed by atoms with Gasteiger partial charge in [0.15, 0.2) is 0 Å². The molecule has 2 rings (SSSR count). The number of hydrogen-bond donors (Lipinski definition) is 1. The van der Waals surface area contributed by atoms with Crippen LogP contribution in [0.3, 0.4) is 0 Å². The standard InChI is InChI=1S/C14H18ClN3/c1-9(2)14-11(7-16)8-17-18(14)13-6-12(15)5-4-10(13)3/h4-6,8-9H,7,16H2,1-3H3. The van der Waals surface area contributed by atoms with Gasteiger partial charge in [-0.2, -0.15) is 5.10 Å². The Morgan fingerprint density at radius 1 is 1.39 bits per heavy atom. The Bertz CT molecular complexity index is 558. The van der Waals surface area contributed by atoms with Crippen LogP contribution in [0.1, 0.15) is 36.6 Å². The first-order chi connectivity index (χ1) is 8.54. The normalized spacial score (nSPS) is 11.2. The number of aromatic nitrogens is 2. The molecule has 0 aliphatic carbocycles. The summed E-state index contributed by atoms with van der Waals surface area (Å²) >= 11 is 6.07. The minimum absolute atomic E-state index is 0.365. The fourth-order valence-corrected chi connectivity index (χ4v) is 2.33. The molecule has 0 saturated carbocycles. The molecule has 0 spiro atoms. The van der Waals surface area contributed by atoms with E-state index in [1.54, 1.807) is 0 Å². The van der Waals surface area contributed by atoms with E-state index in [-0.39, 0.29) is 0 Å². The molecule has 0 aliphatic rings. The van der Waals surface area contributed by atoms with Gasteiger partial charge in [-0.15, -0.1) is 0 Å². The molecule has 0 amide bonds. The topological polar surface area (TPSA) is 43.8 Å². The summed E-state index contributed by atoms with van der Waals surface area (Å²) < 4.78 is 1.95. The second-order valence-electron chi connectivity index (χ2n) is 4.76. The molecule has 2 aromatic rings. The van der Waals surface area contributed by atoms with E-state index >= 15 is 0 Å². The van der Waals surface area contributed by atoms with Crippen LogP contribution < -0.4 is 5.73 Å². The Hall–Kier alpha value is -1.32. The summed E-state index contributed by atoms with van der Waals surface area (Å²) in [6.45, 7) is 6.85. The van der Waals surface area contributed by atoms with Gasteiger partial charge in [-0.05, 0) is 30.5 Å². The fourth-order valence-electron chi connectivity index (χ4n) is 2.17. The summed E-state index contributed by atoms with van der Waals surface area (Å²) in [6.07, 6.45) is 1.84. The summed E-state index contributed by atoms with van der Waals surface area (Å²) in [6, 6.07) is 5.84. The molecule has 0 atom stereocenters. The Kier molecular flexibility index (Phi) is 3.73. The van der Waals surface area contributed by atoms with Gasteiger partial charge < -0.3 is 5.73 Å². The molecular weight excluding hydrogens is 246 g/mol. The molecule has 0 bridgehead atoms. The predicted octanol–water partition coefficient (Wildman–Crippen LogP) is 3.42. The zero-order valence-corrected chi connectivity index (χ0v) is 11.7. The van der Waals surface area contributed by atoms with Gasteiger partial charge in [0.1, 0.15) is 0 Å². The summed E-state index contributed by atoms with van der Waals surface area (Å²) in [4.78, 5) is 0. The highest BCUT2D eigenvalue weighted by molar-refractivity contribution is 6.30. The molecule has 3 nitrogen and oxygen atoms in total. The Morgan fingerprint density at radius 3 is 2.72 bits per heavy atom. The van der Waals surface area contributed by atoms with Crippen molar-refractivity contribution in [3.63, 3.8) is 0 Å². The molecule has 1 heterocycles. The van der Waals surface area contributed by atoms with Gasteiger partial charge in [-0.25, -0.2) is 4.68 Å². The number of aryl methyl sites for hydroxylation is 1. The lowest BCUT2D eigenvalue weighted by Gasteiger charge is -2.14. The van der Waals surface area contributed by atoms with E-state index < -0.39 is 0 Å². The number of rotatable bonds is 3. The summed E-state index contributed by atoms with van der Waals surface area (Å²) in [5.41, 5.74) is 10.2. The van der Waals surface area contributed by atoms with Crippen molar-refractivity contribution in [2.45, 2.75) is 33.2 Å². The lowest BCUT2D eigenvalue weighted by atomic mass is 10.1. The van der Waals surface area contributed by atoms with E-state index in [1.165, 1.54) is 0 Å². The van der Waals surface area contributed by atoms with Crippen LogP contribution in [0.2, 0.25) is 5.02 Å². The quantitative estimate of drug-likeness (QED) is 0.922. The monoisotopic (exact) mass is 263 g/mol. The van der Waals surface area contributed by atoms with Crippen molar-refractivity contribution in [3.8, 4) is 5.69 Å². The average molecular weight is 264 g/mol. The van der Waals surface area contributed by atoms with Gasteiger partial charge in [-0.3, -0.25) is 0 Å². The van der Waals surface area contributed by atoms with Crippen molar-refractivity contribution < 1.29 is 0 Å². The fraction of sp³-hybridized carbons (Fsp3) is 0.357. The number of halogens is 1. The Labute approximate surface area is 113 Å². The third kappa shape index (κ3) is 2.28. The van der Waals surface area contributed by atoms with Gasteiger partial charge in [0.2, 0.25) is 0 Å². The number of nitrogens with two attached hydrogens (primary N) is 1. The van der Waals surface area contributed by atoms with E-state index in [1.807, 2.05) is 29.1 Å². The van der Waals surface area contributed by atoms with Gasteiger partial charge in [0.25, 0.3) is 0 Å². The SMILES string of the molecule is Cc1ccc(Cl)cc1-n1ncc(CN)c1C(C)C. The molecular formula is C14H18ClN3. The van der Waals surface area contributed by atoms with E-state index in [9.17, 15) is 0 Å². The van der Waals surface area contributed by atoms with E-state index in [2.05, 4.69) is 25.9 Å². The largest absolute Gasteiger partial charge is 0.326 e. The van der Waals surface area contributed by atoms with Crippen molar-refractivity contribution in [2.24, 2.45) is 5.73 Å². The number of benzene rings is 1. The predicted molar refractivity (Wildman–Crippen MR) is 75.3 cm³/mol. The molecule has 96 valence electrons. The first-order valence-electron chi connectivity index (χ1n) is 6.08. The molecule has 4 heteroatoms. The highest BCUT2D eigenvalue weighted by Gasteiger charge is 2.15. The van der Waals surface area contributed by atoms with E-state index in [0.29, 0.717) is 12.5 Å². The zero-order valence-electron chi connectivity index (χ0n) is 10.9. The van der Waals surface area contributed by atoms with Crippen LogP contribution in [0.4, 0.5) is 0 Å². The maximum Gasteiger partial charge on any atom is 0.0692 e. The van der Waals surface area contributed by atoms with Crippen molar-refractivity contribution in [2.75, 3.05) is 0 Å². The smallest absolute Gasteiger partial charge is 0.0692 e.